The van der Waals surface area contributed by atoms with E-state index in [1.807, 2.05) is 31.2 Å². The molecule has 1 aliphatic heterocycles. The van der Waals surface area contributed by atoms with Gasteiger partial charge in [0.1, 0.15) is 0 Å². The number of nitrogens with zero attached hydrogens (tertiary/aromatic N) is 3. The Morgan fingerprint density at radius 1 is 1.24 bits per heavy atom. The van der Waals surface area contributed by atoms with Crippen LogP contribution >= 0.6 is 0 Å². The molecule has 5 heteroatoms. The van der Waals surface area contributed by atoms with Crippen LogP contribution in [0.25, 0.3) is 0 Å². The maximum atomic E-state index is 11.9. The molecule has 1 saturated heterocycles. The molecular formula is C20H26N4O. The zero-order valence-electron chi connectivity index (χ0n) is 15.2. The Bertz CT molecular complexity index is 746. The first kappa shape index (κ1) is 17.6. The third-order valence-corrected chi connectivity index (χ3v) is 4.82. The first-order chi connectivity index (χ1) is 12.1. The molecule has 0 unspecified atom stereocenters. The highest BCUT2D eigenvalue weighted by molar-refractivity contribution is 5.94. The van der Waals surface area contributed by atoms with Gasteiger partial charge in [-0.3, -0.25) is 19.6 Å². The van der Waals surface area contributed by atoms with Gasteiger partial charge in [0, 0.05) is 50.5 Å². The first-order valence-electron chi connectivity index (χ1n) is 8.74. The molecule has 0 radical (unpaired) electrons. The van der Waals surface area contributed by atoms with Crippen molar-refractivity contribution in [1.82, 2.24) is 20.1 Å². The molecule has 25 heavy (non-hydrogen) atoms. The number of carbonyl (C=O) groups excluding carboxylic acids is 1. The molecule has 1 aliphatic rings. The topological polar surface area (TPSA) is 48.5 Å². The fourth-order valence-electron chi connectivity index (χ4n) is 3.38. The molecule has 1 fully saturated rings. The quantitative estimate of drug-likeness (QED) is 0.929. The molecule has 2 heterocycles. The molecule has 0 saturated carbocycles. The number of benzene rings is 1. The molecule has 0 spiro atoms. The van der Waals surface area contributed by atoms with Gasteiger partial charge in [0.2, 0.25) is 0 Å². The van der Waals surface area contributed by atoms with Crippen molar-refractivity contribution >= 4 is 5.91 Å². The van der Waals surface area contributed by atoms with Gasteiger partial charge in [-0.2, -0.15) is 0 Å². The Labute approximate surface area is 149 Å². The molecule has 0 bridgehead atoms. The van der Waals surface area contributed by atoms with E-state index in [-0.39, 0.29) is 11.9 Å². The predicted octanol–water partition coefficient (Wildman–Crippen LogP) is 2.24. The number of pyridine rings is 1. The van der Waals surface area contributed by atoms with E-state index < -0.39 is 0 Å². The van der Waals surface area contributed by atoms with E-state index in [9.17, 15) is 4.79 Å². The maximum absolute atomic E-state index is 11.9. The largest absolute Gasteiger partial charge is 0.355 e. The molecule has 1 aromatic carbocycles. The van der Waals surface area contributed by atoms with E-state index in [0.29, 0.717) is 5.56 Å². The lowest BCUT2D eigenvalue weighted by Crippen LogP contribution is -2.46. The number of piperazine rings is 1. The Hall–Kier alpha value is -2.24. The van der Waals surface area contributed by atoms with E-state index in [1.165, 1.54) is 5.56 Å². The highest BCUT2D eigenvalue weighted by atomic mass is 16.1. The molecule has 0 aliphatic carbocycles. The standard InChI is InChI=1S/C20H26N4O/c1-15-6-4-9-18(22-15)13-24-11-10-23(3)19(14-24)16-7-5-8-17(12-16)20(25)21-2/h4-9,12,19H,10-11,13-14H2,1-3H3,(H,21,25)/t19-/m1/s1. The second kappa shape index (κ2) is 7.76. The van der Waals surface area contributed by atoms with Crippen LogP contribution in [0.15, 0.2) is 42.5 Å². The van der Waals surface area contributed by atoms with Crippen LogP contribution in [0.1, 0.15) is 33.4 Å². The van der Waals surface area contributed by atoms with E-state index in [2.05, 4.69) is 45.3 Å². The van der Waals surface area contributed by atoms with Crippen molar-refractivity contribution in [3.63, 3.8) is 0 Å². The molecule has 1 amide bonds. The fourth-order valence-corrected chi connectivity index (χ4v) is 3.38. The average molecular weight is 338 g/mol. The number of nitrogens with one attached hydrogen (secondary N) is 1. The van der Waals surface area contributed by atoms with Crippen molar-refractivity contribution in [2.75, 3.05) is 33.7 Å². The fraction of sp³-hybridized carbons (Fsp3) is 0.400. The van der Waals surface area contributed by atoms with Gasteiger partial charge in [-0.25, -0.2) is 0 Å². The average Bonchev–Trinajstić information content (AvgIpc) is 2.63. The number of aromatic nitrogens is 1. The molecule has 3 rings (SSSR count). The van der Waals surface area contributed by atoms with Crippen LogP contribution in [0, 0.1) is 6.92 Å². The van der Waals surface area contributed by atoms with Crippen molar-refractivity contribution < 1.29 is 4.79 Å². The van der Waals surface area contributed by atoms with Gasteiger partial charge in [0.15, 0.2) is 0 Å². The SMILES string of the molecule is CNC(=O)c1cccc([C@H]2CN(Cc3cccc(C)n3)CCN2C)c1. The number of hydrogen-bond donors (Lipinski definition) is 1. The monoisotopic (exact) mass is 338 g/mol. The molecule has 1 N–H and O–H groups in total. The van der Waals surface area contributed by atoms with Gasteiger partial charge < -0.3 is 5.32 Å². The third kappa shape index (κ3) is 4.24. The van der Waals surface area contributed by atoms with Crippen molar-refractivity contribution in [1.29, 1.82) is 0 Å². The van der Waals surface area contributed by atoms with Crippen LogP contribution in [0.4, 0.5) is 0 Å². The van der Waals surface area contributed by atoms with Crippen LogP contribution in [-0.4, -0.2) is 54.4 Å². The second-order valence-corrected chi connectivity index (χ2v) is 6.71. The van der Waals surface area contributed by atoms with Crippen molar-refractivity contribution in [3.05, 3.63) is 65.0 Å². The summed E-state index contributed by atoms with van der Waals surface area (Å²) in [5, 5.41) is 2.70. The Balaban J connectivity index is 1.75. The number of carbonyl (C=O) groups is 1. The summed E-state index contributed by atoms with van der Waals surface area (Å²) in [6, 6.07) is 14.4. The van der Waals surface area contributed by atoms with Crippen molar-refractivity contribution in [2.24, 2.45) is 0 Å². The molecule has 132 valence electrons. The second-order valence-electron chi connectivity index (χ2n) is 6.71. The molecule has 1 atom stereocenters. The summed E-state index contributed by atoms with van der Waals surface area (Å²) in [5.41, 5.74) is 4.07. The summed E-state index contributed by atoms with van der Waals surface area (Å²) in [7, 11) is 3.82. The summed E-state index contributed by atoms with van der Waals surface area (Å²) in [6.07, 6.45) is 0. The number of aryl methyl sites for hydroxylation is 1. The Morgan fingerprint density at radius 3 is 2.80 bits per heavy atom. The smallest absolute Gasteiger partial charge is 0.251 e. The highest BCUT2D eigenvalue weighted by Gasteiger charge is 2.26. The van der Waals surface area contributed by atoms with Gasteiger partial charge in [-0.15, -0.1) is 0 Å². The summed E-state index contributed by atoms with van der Waals surface area (Å²) in [6.45, 7) is 5.85. The van der Waals surface area contributed by atoms with E-state index in [1.54, 1.807) is 7.05 Å². The maximum Gasteiger partial charge on any atom is 0.251 e. The Kier molecular flexibility index (Phi) is 5.46. The molecule has 2 aromatic rings. The summed E-state index contributed by atoms with van der Waals surface area (Å²) in [5.74, 6) is -0.0406. The number of hydrogen-bond acceptors (Lipinski definition) is 4. The van der Waals surface area contributed by atoms with E-state index in [4.69, 9.17) is 0 Å². The summed E-state index contributed by atoms with van der Waals surface area (Å²) in [4.78, 5) is 21.4. The summed E-state index contributed by atoms with van der Waals surface area (Å²) < 4.78 is 0. The number of likely N-dealkylation sites (N-methyl/N-ethyl adjacent to an activating group) is 1. The van der Waals surface area contributed by atoms with Crippen LogP contribution in [0.5, 0.6) is 0 Å². The van der Waals surface area contributed by atoms with Crippen LogP contribution < -0.4 is 5.32 Å². The van der Waals surface area contributed by atoms with Gasteiger partial charge in [0.25, 0.3) is 5.91 Å². The third-order valence-electron chi connectivity index (χ3n) is 4.82. The van der Waals surface area contributed by atoms with Gasteiger partial charge in [-0.05, 0) is 43.8 Å². The highest BCUT2D eigenvalue weighted by Crippen LogP contribution is 2.25. The lowest BCUT2D eigenvalue weighted by Gasteiger charge is -2.39. The summed E-state index contributed by atoms with van der Waals surface area (Å²) >= 11 is 0. The van der Waals surface area contributed by atoms with Crippen molar-refractivity contribution in [2.45, 2.75) is 19.5 Å². The molecule has 5 nitrogen and oxygen atoms in total. The zero-order valence-corrected chi connectivity index (χ0v) is 15.2. The minimum Gasteiger partial charge on any atom is -0.355 e. The van der Waals surface area contributed by atoms with Gasteiger partial charge in [0.05, 0.1) is 5.69 Å². The first-order valence-corrected chi connectivity index (χ1v) is 8.74. The molecule has 1 aromatic heterocycles. The zero-order chi connectivity index (χ0) is 17.8. The van der Waals surface area contributed by atoms with Gasteiger partial charge in [-0.1, -0.05) is 18.2 Å². The van der Waals surface area contributed by atoms with Crippen LogP contribution in [0.2, 0.25) is 0 Å². The number of amides is 1. The van der Waals surface area contributed by atoms with Crippen molar-refractivity contribution in [3.8, 4) is 0 Å². The van der Waals surface area contributed by atoms with Crippen LogP contribution in [-0.2, 0) is 6.54 Å². The minimum absolute atomic E-state index is 0.0406. The van der Waals surface area contributed by atoms with E-state index in [0.717, 1.165) is 37.6 Å². The lowest BCUT2D eigenvalue weighted by molar-refractivity contribution is 0.0892. The predicted molar refractivity (Wildman–Crippen MR) is 99.5 cm³/mol. The lowest BCUT2D eigenvalue weighted by atomic mass is 10.00. The molecular weight excluding hydrogens is 312 g/mol. The minimum atomic E-state index is -0.0406. The normalized spacial score (nSPS) is 18.9. The number of rotatable bonds is 4. The van der Waals surface area contributed by atoms with Gasteiger partial charge >= 0.3 is 0 Å². The van der Waals surface area contributed by atoms with E-state index >= 15 is 0 Å². The van der Waals surface area contributed by atoms with Crippen LogP contribution in [0.3, 0.4) is 0 Å². The Morgan fingerprint density at radius 2 is 2.04 bits per heavy atom.